The van der Waals surface area contributed by atoms with Crippen LogP contribution in [-0.4, -0.2) is 31.6 Å². The van der Waals surface area contributed by atoms with Gasteiger partial charge in [0.1, 0.15) is 11.6 Å². The highest BCUT2D eigenvalue weighted by atomic mass is 19.1. The molecule has 0 aliphatic carbocycles. The molecule has 1 aromatic rings. The molecule has 1 heterocycles. The summed E-state index contributed by atoms with van der Waals surface area (Å²) in [5.41, 5.74) is 1.22. The van der Waals surface area contributed by atoms with Gasteiger partial charge in [0.15, 0.2) is 6.10 Å². The van der Waals surface area contributed by atoms with Crippen molar-refractivity contribution in [2.24, 2.45) is 0 Å². The first-order valence-corrected chi connectivity index (χ1v) is 6.74. The van der Waals surface area contributed by atoms with Crippen molar-refractivity contribution in [3.63, 3.8) is 0 Å². The van der Waals surface area contributed by atoms with Gasteiger partial charge < -0.3 is 15.4 Å². The van der Waals surface area contributed by atoms with Crippen LogP contribution in [0, 0.1) is 5.82 Å². The molecule has 0 spiro atoms. The molecule has 20 heavy (non-hydrogen) atoms. The summed E-state index contributed by atoms with van der Waals surface area (Å²) in [7, 11) is 0. The Morgan fingerprint density at radius 2 is 2.40 bits per heavy atom. The van der Waals surface area contributed by atoms with Gasteiger partial charge in [0.2, 0.25) is 0 Å². The van der Waals surface area contributed by atoms with E-state index in [0.717, 1.165) is 19.5 Å². The summed E-state index contributed by atoms with van der Waals surface area (Å²) < 4.78 is 18.4. The molecule has 0 bridgehead atoms. The van der Waals surface area contributed by atoms with Crippen LogP contribution < -0.4 is 15.4 Å². The minimum absolute atomic E-state index is 0.200. The average molecular weight is 278 g/mol. The lowest BCUT2D eigenvalue weighted by molar-refractivity contribution is -0.127. The van der Waals surface area contributed by atoms with E-state index in [1.54, 1.807) is 19.1 Å². The molecule has 4 nitrogen and oxygen atoms in total. The van der Waals surface area contributed by atoms with Gasteiger partial charge in [-0.2, -0.15) is 0 Å². The minimum atomic E-state index is -0.654. The minimum Gasteiger partial charge on any atom is -0.481 e. The van der Waals surface area contributed by atoms with E-state index >= 15 is 0 Å². The van der Waals surface area contributed by atoms with Gasteiger partial charge in [0, 0.05) is 19.2 Å². The van der Waals surface area contributed by atoms with Gasteiger partial charge in [-0.15, -0.1) is 0 Å². The summed E-state index contributed by atoms with van der Waals surface area (Å²) in [5.74, 6) is -0.225. The van der Waals surface area contributed by atoms with Gasteiger partial charge >= 0.3 is 0 Å². The number of rotatable bonds is 5. The molecule has 108 valence electrons. The fourth-order valence-electron chi connectivity index (χ4n) is 1.97. The largest absolute Gasteiger partial charge is 0.481 e. The Morgan fingerprint density at radius 3 is 3.10 bits per heavy atom. The summed E-state index contributed by atoms with van der Waals surface area (Å²) in [5, 5.41) is 6.05. The van der Waals surface area contributed by atoms with Crippen LogP contribution in [0.25, 0.3) is 0 Å². The monoisotopic (exact) mass is 278 g/mol. The van der Waals surface area contributed by atoms with E-state index in [0.29, 0.717) is 12.3 Å². The van der Waals surface area contributed by atoms with Crippen molar-refractivity contribution in [3.8, 4) is 5.75 Å². The summed E-state index contributed by atoms with van der Waals surface area (Å²) >= 11 is 0. The van der Waals surface area contributed by atoms with Crippen LogP contribution in [0.3, 0.4) is 0 Å². The number of amides is 1. The van der Waals surface area contributed by atoms with Crippen molar-refractivity contribution in [1.82, 2.24) is 10.6 Å². The first-order chi connectivity index (χ1) is 9.65. The van der Waals surface area contributed by atoms with Gasteiger partial charge in [0.25, 0.3) is 5.91 Å². The summed E-state index contributed by atoms with van der Waals surface area (Å²) in [4.78, 5) is 11.9. The molecule has 2 N–H and O–H groups in total. The zero-order chi connectivity index (χ0) is 14.4. The van der Waals surface area contributed by atoms with E-state index in [4.69, 9.17) is 4.74 Å². The second kappa shape index (κ2) is 7.05. The second-order valence-electron chi connectivity index (χ2n) is 4.75. The molecule has 1 aliphatic rings. The molecule has 0 radical (unpaired) electrons. The van der Waals surface area contributed by atoms with Crippen molar-refractivity contribution >= 4 is 5.91 Å². The number of ether oxygens (including phenoxy) is 1. The van der Waals surface area contributed by atoms with Gasteiger partial charge in [0.05, 0.1) is 0 Å². The fraction of sp³-hybridized carbons (Fsp3) is 0.400. The van der Waals surface area contributed by atoms with Crippen molar-refractivity contribution in [2.45, 2.75) is 19.4 Å². The maximum Gasteiger partial charge on any atom is 0.261 e. The van der Waals surface area contributed by atoms with E-state index in [1.165, 1.54) is 17.7 Å². The number of hydrogen-bond acceptors (Lipinski definition) is 3. The third kappa shape index (κ3) is 4.35. The predicted molar refractivity (Wildman–Crippen MR) is 75.1 cm³/mol. The van der Waals surface area contributed by atoms with Crippen molar-refractivity contribution in [3.05, 3.63) is 41.7 Å². The van der Waals surface area contributed by atoms with Gasteiger partial charge in [-0.1, -0.05) is 17.7 Å². The molecule has 1 aromatic carbocycles. The van der Waals surface area contributed by atoms with Crippen molar-refractivity contribution in [1.29, 1.82) is 0 Å². The molecule has 1 unspecified atom stereocenters. The number of nitrogens with one attached hydrogen (secondary N) is 2. The number of hydrogen-bond donors (Lipinski definition) is 2. The average Bonchev–Trinajstić information content (AvgIpc) is 2.46. The zero-order valence-electron chi connectivity index (χ0n) is 11.5. The highest BCUT2D eigenvalue weighted by molar-refractivity contribution is 5.80. The second-order valence-corrected chi connectivity index (χ2v) is 4.75. The summed E-state index contributed by atoms with van der Waals surface area (Å²) in [6.45, 7) is 3.98. The maximum atomic E-state index is 13.0. The van der Waals surface area contributed by atoms with Crippen molar-refractivity contribution < 1.29 is 13.9 Å². The van der Waals surface area contributed by atoms with E-state index in [1.807, 2.05) is 0 Å². The molecule has 2 rings (SSSR count). The van der Waals surface area contributed by atoms with Crippen LogP contribution in [0.15, 0.2) is 35.9 Å². The molecule has 1 atom stereocenters. The Labute approximate surface area is 118 Å². The predicted octanol–water partition coefficient (Wildman–Crippen LogP) is 1.63. The topological polar surface area (TPSA) is 50.4 Å². The lowest BCUT2D eigenvalue weighted by atomic mass is 10.1. The number of benzene rings is 1. The van der Waals surface area contributed by atoms with Gasteiger partial charge in [-0.05, 0) is 32.0 Å². The Bertz CT molecular complexity index is 502. The molecule has 0 aromatic heterocycles. The number of carbonyl (C=O) groups is 1. The lowest BCUT2D eigenvalue weighted by Crippen LogP contribution is -2.38. The highest BCUT2D eigenvalue weighted by Crippen LogP contribution is 2.13. The molecular weight excluding hydrogens is 259 g/mol. The van der Waals surface area contributed by atoms with E-state index in [-0.39, 0.29) is 11.7 Å². The summed E-state index contributed by atoms with van der Waals surface area (Å²) in [6, 6.07) is 5.78. The van der Waals surface area contributed by atoms with E-state index < -0.39 is 6.10 Å². The number of halogens is 1. The third-order valence-corrected chi connectivity index (χ3v) is 3.13. The van der Waals surface area contributed by atoms with Crippen LogP contribution in [0.2, 0.25) is 0 Å². The van der Waals surface area contributed by atoms with Crippen LogP contribution in [0.1, 0.15) is 13.3 Å². The first kappa shape index (κ1) is 14.5. The molecule has 0 fully saturated rings. The Balaban J connectivity index is 1.81. The van der Waals surface area contributed by atoms with Crippen LogP contribution in [-0.2, 0) is 4.79 Å². The molecule has 5 heteroatoms. The van der Waals surface area contributed by atoms with Crippen LogP contribution in [0.5, 0.6) is 5.75 Å². The summed E-state index contributed by atoms with van der Waals surface area (Å²) in [6.07, 6.45) is 2.38. The smallest absolute Gasteiger partial charge is 0.261 e. The molecule has 1 amide bonds. The zero-order valence-corrected chi connectivity index (χ0v) is 11.5. The molecular formula is C15H19FN2O2. The maximum absolute atomic E-state index is 13.0. The Morgan fingerprint density at radius 1 is 1.55 bits per heavy atom. The van der Waals surface area contributed by atoms with E-state index in [9.17, 15) is 9.18 Å². The molecule has 1 aliphatic heterocycles. The first-order valence-electron chi connectivity index (χ1n) is 6.74. The van der Waals surface area contributed by atoms with Crippen LogP contribution in [0.4, 0.5) is 4.39 Å². The Hall–Kier alpha value is -1.88. The third-order valence-electron chi connectivity index (χ3n) is 3.13. The quantitative estimate of drug-likeness (QED) is 0.805. The number of carbonyl (C=O) groups excluding carboxylic acids is 1. The SMILES string of the molecule is CC(Oc1cccc(F)c1)C(=O)NCC1=CCNCC1. The highest BCUT2D eigenvalue weighted by Gasteiger charge is 2.15. The van der Waals surface area contributed by atoms with Gasteiger partial charge in [-0.25, -0.2) is 4.39 Å². The molecule has 0 saturated carbocycles. The van der Waals surface area contributed by atoms with Crippen LogP contribution >= 0.6 is 0 Å². The van der Waals surface area contributed by atoms with Crippen molar-refractivity contribution in [2.75, 3.05) is 19.6 Å². The molecule has 0 saturated heterocycles. The lowest BCUT2D eigenvalue weighted by Gasteiger charge is -2.17. The normalized spacial score (nSPS) is 16.2. The van der Waals surface area contributed by atoms with Gasteiger partial charge in [-0.3, -0.25) is 4.79 Å². The standard InChI is InChI=1S/C15H19FN2O2/c1-11(20-14-4-2-3-13(16)9-14)15(19)18-10-12-5-7-17-8-6-12/h2-5,9,11,17H,6-8,10H2,1H3,(H,18,19). The van der Waals surface area contributed by atoms with E-state index in [2.05, 4.69) is 16.7 Å². The fourth-order valence-corrected chi connectivity index (χ4v) is 1.97. The Kier molecular flexibility index (Phi) is 5.12.